The Balaban J connectivity index is 1.73. The molecule has 10 heteroatoms. The van der Waals surface area contributed by atoms with Crippen LogP contribution in [0.5, 0.6) is 11.5 Å². The molecule has 0 bridgehead atoms. The minimum absolute atomic E-state index is 0.0993. The van der Waals surface area contributed by atoms with Crippen LogP contribution in [0.25, 0.3) is 16.9 Å². The van der Waals surface area contributed by atoms with E-state index >= 15 is 0 Å². The van der Waals surface area contributed by atoms with E-state index in [1.165, 1.54) is 26.0 Å². The summed E-state index contributed by atoms with van der Waals surface area (Å²) in [5.74, 6) is -1.22. The first-order chi connectivity index (χ1) is 18.5. The molecule has 1 N–H and O–H groups in total. The number of esters is 2. The van der Waals surface area contributed by atoms with Crippen molar-refractivity contribution in [2.75, 3.05) is 33.3 Å². The molecule has 3 aromatic carbocycles. The number of nitrogens with zero attached hydrogens (tertiary/aromatic N) is 2. The number of para-hydroxylation sites is 4. The molecule has 0 aliphatic heterocycles. The molecule has 0 aliphatic rings. The van der Waals surface area contributed by atoms with Crippen molar-refractivity contribution in [3.05, 3.63) is 90.1 Å². The number of anilines is 1. The van der Waals surface area contributed by atoms with Gasteiger partial charge in [-0.25, -0.2) is 14.3 Å². The number of rotatable bonds is 9. The van der Waals surface area contributed by atoms with Crippen LogP contribution in [0.3, 0.4) is 0 Å². The zero-order valence-corrected chi connectivity index (χ0v) is 21.0. The summed E-state index contributed by atoms with van der Waals surface area (Å²) in [4.78, 5) is 38.4. The fraction of sp³-hybridized carbons (Fsp3) is 0.143. The van der Waals surface area contributed by atoms with Crippen molar-refractivity contribution in [3.8, 4) is 28.4 Å². The number of methoxy groups -OCH3 is 3. The Morgan fingerprint density at radius 1 is 0.789 bits per heavy atom. The fourth-order valence-electron chi connectivity index (χ4n) is 3.81. The molecule has 4 rings (SSSR count). The maximum absolute atomic E-state index is 12.9. The van der Waals surface area contributed by atoms with Gasteiger partial charge in [0.2, 0.25) is 0 Å². The third kappa shape index (κ3) is 5.34. The lowest BCUT2D eigenvalue weighted by atomic mass is 10.0. The van der Waals surface area contributed by atoms with Gasteiger partial charge in [0.05, 0.1) is 32.7 Å². The van der Waals surface area contributed by atoms with Crippen molar-refractivity contribution >= 4 is 23.5 Å². The SMILES string of the molecule is COC(=O)c1c(-c2ccccc2OCC(=O)Nc2ccccc2OC)nn(-c2ccccc2)c1C(=O)OC. The number of carbonyl (C=O) groups excluding carboxylic acids is 3. The van der Waals surface area contributed by atoms with E-state index in [0.29, 0.717) is 22.7 Å². The van der Waals surface area contributed by atoms with Gasteiger partial charge >= 0.3 is 11.9 Å². The molecule has 0 saturated carbocycles. The van der Waals surface area contributed by atoms with Crippen LogP contribution in [-0.4, -0.2) is 55.6 Å². The largest absolute Gasteiger partial charge is 0.495 e. The first-order valence-corrected chi connectivity index (χ1v) is 11.5. The minimum Gasteiger partial charge on any atom is -0.495 e. The maximum atomic E-state index is 12.9. The molecule has 0 atom stereocenters. The summed E-state index contributed by atoms with van der Waals surface area (Å²) < 4.78 is 22.4. The predicted octanol–water partition coefficient (Wildman–Crippen LogP) is 4.14. The Bertz CT molecular complexity index is 1460. The fourth-order valence-corrected chi connectivity index (χ4v) is 3.81. The summed E-state index contributed by atoms with van der Waals surface area (Å²) in [6, 6.07) is 22.5. The number of carbonyl (C=O) groups is 3. The average molecular weight is 516 g/mol. The van der Waals surface area contributed by atoms with Gasteiger partial charge in [0.25, 0.3) is 5.91 Å². The number of ether oxygens (including phenoxy) is 4. The van der Waals surface area contributed by atoms with Crippen LogP contribution in [0.1, 0.15) is 20.8 Å². The summed E-state index contributed by atoms with van der Waals surface area (Å²) in [6.45, 7) is -0.341. The molecular weight excluding hydrogens is 490 g/mol. The quantitative estimate of drug-likeness (QED) is 0.331. The second-order valence-electron chi connectivity index (χ2n) is 7.84. The number of hydrogen-bond acceptors (Lipinski definition) is 8. The Hall–Kier alpha value is -5.12. The van der Waals surface area contributed by atoms with E-state index in [9.17, 15) is 14.4 Å². The minimum atomic E-state index is -0.786. The standard InChI is InChI=1S/C28H25N3O7/c1-35-22-16-10-8-14-20(22)29-23(32)17-38-21-15-9-7-13-19(21)25-24(27(33)36-2)26(28(34)37-3)31(30-25)18-11-5-4-6-12-18/h4-16H,17H2,1-3H3,(H,29,32). The number of hydrogen-bond donors (Lipinski definition) is 1. The Labute approximate surface area is 218 Å². The second-order valence-corrected chi connectivity index (χ2v) is 7.84. The van der Waals surface area contributed by atoms with Crippen molar-refractivity contribution in [1.29, 1.82) is 0 Å². The zero-order valence-electron chi connectivity index (χ0n) is 21.0. The number of amides is 1. The smallest absolute Gasteiger partial charge is 0.357 e. The van der Waals surface area contributed by atoms with Crippen LogP contribution < -0.4 is 14.8 Å². The van der Waals surface area contributed by atoms with Crippen LogP contribution in [0.2, 0.25) is 0 Å². The molecule has 0 unspecified atom stereocenters. The van der Waals surface area contributed by atoms with Gasteiger partial charge in [-0.05, 0) is 36.4 Å². The van der Waals surface area contributed by atoms with E-state index in [1.807, 2.05) is 6.07 Å². The highest BCUT2D eigenvalue weighted by molar-refractivity contribution is 6.07. The highest BCUT2D eigenvalue weighted by Gasteiger charge is 2.32. The Kier molecular flexibility index (Phi) is 8.02. The van der Waals surface area contributed by atoms with Crippen molar-refractivity contribution in [2.45, 2.75) is 0 Å². The topological polar surface area (TPSA) is 118 Å². The van der Waals surface area contributed by atoms with Crippen molar-refractivity contribution in [1.82, 2.24) is 9.78 Å². The van der Waals surface area contributed by atoms with E-state index in [4.69, 9.17) is 18.9 Å². The number of aromatic nitrogens is 2. The maximum Gasteiger partial charge on any atom is 0.357 e. The molecule has 194 valence electrons. The van der Waals surface area contributed by atoms with Gasteiger partial charge in [0.15, 0.2) is 12.3 Å². The zero-order chi connectivity index (χ0) is 27.1. The molecule has 38 heavy (non-hydrogen) atoms. The number of nitrogens with one attached hydrogen (secondary N) is 1. The number of benzene rings is 3. The third-order valence-corrected chi connectivity index (χ3v) is 5.54. The molecule has 0 fully saturated rings. The highest BCUT2D eigenvalue weighted by Crippen LogP contribution is 2.35. The first-order valence-electron chi connectivity index (χ1n) is 11.5. The molecule has 1 amide bonds. The van der Waals surface area contributed by atoms with Crippen LogP contribution >= 0.6 is 0 Å². The summed E-state index contributed by atoms with van der Waals surface area (Å²) in [5, 5.41) is 7.33. The molecule has 4 aromatic rings. The molecule has 10 nitrogen and oxygen atoms in total. The van der Waals surface area contributed by atoms with Crippen LogP contribution in [0, 0.1) is 0 Å². The van der Waals surface area contributed by atoms with Crippen LogP contribution in [0.15, 0.2) is 78.9 Å². The normalized spacial score (nSPS) is 10.4. The molecular formula is C28H25N3O7. The lowest BCUT2D eigenvalue weighted by Gasteiger charge is -2.12. The van der Waals surface area contributed by atoms with Crippen molar-refractivity contribution < 1.29 is 33.3 Å². The van der Waals surface area contributed by atoms with E-state index in [1.54, 1.807) is 72.8 Å². The summed E-state index contributed by atoms with van der Waals surface area (Å²) in [5.41, 5.74) is 1.31. The Morgan fingerprint density at radius 2 is 1.42 bits per heavy atom. The van der Waals surface area contributed by atoms with Crippen molar-refractivity contribution in [2.24, 2.45) is 0 Å². The molecule has 1 heterocycles. The Morgan fingerprint density at radius 3 is 2.11 bits per heavy atom. The van der Waals surface area contributed by atoms with E-state index in [2.05, 4.69) is 10.4 Å². The molecule has 0 spiro atoms. The van der Waals surface area contributed by atoms with Gasteiger partial charge in [-0.3, -0.25) is 4.79 Å². The summed E-state index contributed by atoms with van der Waals surface area (Å²) in [7, 11) is 3.92. The van der Waals surface area contributed by atoms with Crippen LogP contribution in [0.4, 0.5) is 5.69 Å². The third-order valence-electron chi connectivity index (χ3n) is 5.54. The summed E-state index contributed by atoms with van der Waals surface area (Å²) >= 11 is 0. The highest BCUT2D eigenvalue weighted by atomic mass is 16.5. The predicted molar refractivity (Wildman–Crippen MR) is 139 cm³/mol. The van der Waals surface area contributed by atoms with Gasteiger partial charge in [0, 0.05) is 5.56 Å². The lowest BCUT2D eigenvalue weighted by molar-refractivity contribution is -0.118. The molecule has 0 saturated heterocycles. The molecule has 0 radical (unpaired) electrons. The van der Waals surface area contributed by atoms with Crippen molar-refractivity contribution in [3.63, 3.8) is 0 Å². The van der Waals surface area contributed by atoms with E-state index in [-0.39, 0.29) is 29.3 Å². The molecule has 0 aliphatic carbocycles. The summed E-state index contributed by atoms with van der Waals surface area (Å²) in [6.07, 6.45) is 0. The molecule has 1 aromatic heterocycles. The van der Waals surface area contributed by atoms with Gasteiger partial charge in [0.1, 0.15) is 22.8 Å². The van der Waals surface area contributed by atoms with Crippen LogP contribution in [-0.2, 0) is 14.3 Å². The lowest BCUT2D eigenvalue weighted by Crippen LogP contribution is -2.20. The monoisotopic (exact) mass is 515 g/mol. The second kappa shape index (κ2) is 11.7. The van der Waals surface area contributed by atoms with E-state index < -0.39 is 17.8 Å². The van der Waals surface area contributed by atoms with Gasteiger partial charge in [-0.15, -0.1) is 0 Å². The van der Waals surface area contributed by atoms with Gasteiger partial charge in [-0.2, -0.15) is 5.10 Å². The average Bonchev–Trinajstić information content (AvgIpc) is 3.36. The van der Waals surface area contributed by atoms with Gasteiger partial charge in [-0.1, -0.05) is 42.5 Å². The van der Waals surface area contributed by atoms with Gasteiger partial charge < -0.3 is 24.3 Å². The van der Waals surface area contributed by atoms with E-state index in [0.717, 1.165) is 0 Å². The first kappa shape index (κ1) is 26.0.